The van der Waals surface area contributed by atoms with Crippen LogP contribution in [0.3, 0.4) is 0 Å². The van der Waals surface area contributed by atoms with Gasteiger partial charge in [-0.3, -0.25) is 9.69 Å². The highest BCUT2D eigenvalue weighted by Crippen LogP contribution is 2.37. The quantitative estimate of drug-likeness (QED) is 0.789. The number of carbonyl (C=O) groups excluding carboxylic acids is 1. The molecule has 0 radical (unpaired) electrons. The molecule has 1 heterocycles. The van der Waals surface area contributed by atoms with E-state index in [1.54, 1.807) is 0 Å². The average molecular weight is 253 g/mol. The smallest absolute Gasteiger partial charge is 0.231 e. The molecule has 1 amide bonds. The first kappa shape index (κ1) is 13.8. The van der Waals surface area contributed by atoms with Crippen LogP contribution in [0.15, 0.2) is 0 Å². The monoisotopic (exact) mass is 253 g/mol. The van der Waals surface area contributed by atoms with Gasteiger partial charge in [-0.1, -0.05) is 13.8 Å². The third-order valence-corrected chi connectivity index (χ3v) is 4.41. The molecule has 1 aliphatic carbocycles. The minimum atomic E-state index is -0.209. The molecule has 0 spiro atoms. The summed E-state index contributed by atoms with van der Waals surface area (Å²) in [5.41, 5.74) is 5.74. The van der Waals surface area contributed by atoms with Crippen LogP contribution in [0.4, 0.5) is 0 Å². The highest BCUT2D eigenvalue weighted by molar-refractivity contribution is 5.75. The van der Waals surface area contributed by atoms with Crippen LogP contribution in [0.25, 0.3) is 0 Å². The van der Waals surface area contributed by atoms with E-state index in [-0.39, 0.29) is 5.91 Å². The van der Waals surface area contributed by atoms with E-state index in [1.807, 2.05) is 0 Å². The van der Waals surface area contributed by atoms with Gasteiger partial charge in [0.25, 0.3) is 0 Å². The summed E-state index contributed by atoms with van der Waals surface area (Å²) in [4.78, 5) is 13.0. The average Bonchev–Trinajstić information content (AvgIpc) is 2.60. The molecule has 1 unspecified atom stereocenters. The second-order valence-corrected chi connectivity index (χ2v) is 6.79. The van der Waals surface area contributed by atoms with E-state index in [2.05, 4.69) is 24.1 Å². The summed E-state index contributed by atoms with van der Waals surface area (Å²) < 4.78 is 0. The molecule has 1 saturated heterocycles. The van der Waals surface area contributed by atoms with Gasteiger partial charge in [-0.2, -0.15) is 0 Å². The normalized spacial score (nSPS) is 29.6. The first-order chi connectivity index (χ1) is 8.44. The summed E-state index contributed by atoms with van der Waals surface area (Å²) in [7, 11) is 0. The van der Waals surface area contributed by atoms with Crippen LogP contribution < -0.4 is 11.1 Å². The lowest BCUT2D eigenvalue weighted by atomic mass is 9.91. The Kier molecular flexibility index (Phi) is 4.28. The molecule has 4 nitrogen and oxygen atoms in total. The van der Waals surface area contributed by atoms with Crippen molar-refractivity contribution in [2.24, 2.45) is 11.1 Å². The number of rotatable bonds is 4. The maximum Gasteiger partial charge on any atom is 0.231 e. The first-order valence-electron chi connectivity index (χ1n) is 7.21. The topological polar surface area (TPSA) is 58.4 Å². The number of nitrogens with two attached hydrogens (primary N) is 1. The van der Waals surface area contributed by atoms with E-state index >= 15 is 0 Å². The van der Waals surface area contributed by atoms with E-state index in [9.17, 15) is 4.79 Å². The molecule has 4 heteroatoms. The highest BCUT2D eigenvalue weighted by Gasteiger charge is 2.32. The number of amides is 1. The second-order valence-electron chi connectivity index (χ2n) is 6.79. The fourth-order valence-corrected chi connectivity index (χ4v) is 3.39. The summed E-state index contributed by atoms with van der Waals surface area (Å²) in [6, 6.07) is 1.33. The lowest BCUT2D eigenvalue weighted by molar-refractivity contribution is -0.119. The minimum absolute atomic E-state index is 0.209. The molecular weight excluding hydrogens is 226 g/mol. The first-order valence-corrected chi connectivity index (χ1v) is 7.21. The molecule has 1 aliphatic heterocycles. The number of piperidine rings is 1. The Morgan fingerprint density at radius 1 is 1.28 bits per heavy atom. The van der Waals surface area contributed by atoms with Crippen molar-refractivity contribution >= 4 is 5.91 Å². The van der Waals surface area contributed by atoms with Gasteiger partial charge in [0.15, 0.2) is 0 Å². The number of carbonyl (C=O) groups is 1. The molecular formula is C14H27N3O. The van der Waals surface area contributed by atoms with E-state index in [1.165, 1.54) is 19.3 Å². The number of nitrogens with zero attached hydrogens (tertiary/aromatic N) is 1. The maximum atomic E-state index is 10.9. The molecule has 3 N–H and O–H groups in total. The molecule has 1 saturated carbocycles. The third-order valence-electron chi connectivity index (χ3n) is 4.41. The van der Waals surface area contributed by atoms with Gasteiger partial charge in [-0.25, -0.2) is 0 Å². The van der Waals surface area contributed by atoms with Crippen LogP contribution in [0.5, 0.6) is 0 Å². The lowest BCUT2D eigenvalue weighted by Gasteiger charge is -2.33. The molecule has 2 fully saturated rings. The van der Waals surface area contributed by atoms with Crippen molar-refractivity contribution in [3.05, 3.63) is 0 Å². The summed E-state index contributed by atoms with van der Waals surface area (Å²) in [6.07, 6.45) is 6.24. The standard InChI is InChI=1S/C14H27N3O/c1-14(2)6-3-12(9-14)16-11-4-7-17(8-5-11)10-13(15)18/h11-12,16H,3-10H2,1-2H3,(H2,15,18). The van der Waals surface area contributed by atoms with Crippen LogP contribution in [-0.2, 0) is 4.79 Å². The zero-order valence-electron chi connectivity index (χ0n) is 11.7. The van der Waals surface area contributed by atoms with Crippen LogP contribution in [-0.4, -0.2) is 42.5 Å². The summed E-state index contributed by atoms with van der Waals surface area (Å²) in [6.45, 7) is 7.14. The van der Waals surface area contributed by atoms with Gasteiger partial charge in [0.1, 0.15) is 0 Å². The van der Waals surface area contributed by atoms with Crippen molar-refractivity contribution in [2.45, 2.75) is 58.0 Å². The van der Waals surface area contributed by atoms with Crippen molar-refractivity contribution in [3.63, 3.8) is 0 Å². The van der Waals surface area contributed by atoms with E-state index in [0.717, 1.165) is 25.9 Å². The van der Waals surface area contributed by atoms with Crippen molar-refractivity contribution in [3.8, 4) is 0 Å². The van der Waals surface area contributed by atoms with E-state index < -0.39 is 0 Å². The number of primary amides is 1. The Morgan fingerprint density at radius 3 is 2.44 bits per heavy atom. The SMILES string of the molecule is CC1(C)CCC(NC2CCN(CC(N)=O)CC2)C1. The lowest BCUT2D eigenvalue weighted by Crippen LogP contribution is -2.47. The fourth-order valence-electron chi connectivity index (χ4n) is 3.39. The predicted octanol–water partition coefficient (Wildman–Crippen LogP) is 1.10. The summed E-state index contributed by atoms with van der Waals surface area (Å²) >= 11 is 0. The number of hydrogen-bond donors (Lipinski definition) is 2. The molecule has 18 heavy (non-hydrogen) atoms. The largest absolute Gasteiger partial charge is 0.369 e. The highest BCUT2D eigenvalue weighted by atomic mass is 16.1. The van der Waals surface area contributed by atoms with Gasteiger partial charge in [-0.05, 0) is 37.5 Å². The molecule has 2 aliphatic rings. The summed E-state index contributed by atoms with van der Waals surface area (Å²) in [5.74, 6) is -0.209. The predicted molar refractivity (Wildman–Crippen MR) is 73.2 cm³/mol. The van der Waals surface area contributed by atoms with Crippen molar-refractivity contribution < 1.29 is 4.79 Å². The maximum absolute atomic E-state index is 10.9. The van der Waals surface area contributed by atoms with Crippen LogP contribution in [0.2, 0.25) is 0 Å². The Balaban J connectivity index is 1.69. The van der Waals surface area contributed by atoms with Gasteiger partial charge in [0, 0.05) is 25.2 Å². The number of likely N-dealkylation sites (tertiary alicyclic amines) is 1. The van der Waals surface area contributed by atoms with Gasteiger partial charge >= 0.3 is 0 Å². The molecule has 2 rings (SSSR count). The zero-order valence-corrected chi connectivity index (χ0v) is 11.7. The van der Waals surface area contributed by atoms with Crippen LogP contribution >= 0.6 is 0 Å². The van der Waals surface area contributed by atoms with Crippen LogP contribution in [0, 0.1) is 5.41 Å². The van der Waals surface area contributed by atoms with Gasteiger partial charge in [0.2, 0.25) is 5.91 Å². The van der Waals surface area contributed by atoms with Gasteiger partial charge in [-0.15, -0.1) is 0 Å². The fraction of sp³-hybridized carbons (Fsp3) is 0.929. The third kappa shape index (κ3) is 3.95. The van der Waals surface area contributed by atoms with E-state index in [4.69, 9.17) is 5.73 Å². The van der Waals surface area contributed by atoms with Crippen molar-refractivity contribution in [1.82, 2.24) is 10.2 Å². The van der Waals surface area contributed by atoms with Crippen molar-refractivity contribution in [1.29, 1.82) is 0 Å². The molecule has 1 atom stereocenters. The van der Waals surface area contributed by atoms with Gasteiger partial charge in [0.05, 0.1) is 6.54 Å². The molecule has 0 aromatic heterocycles. The van der Waals surface area contributed by atoms with Crippen molar-refractivity contribution in [2.75, 3.05) is 19.6 Å². The minimum Gasteiger partial charge on any atom is -0.369 e. The number of hydrogen-bond acceptors (Lipinski definition) is 3. The molecule has 0 aromatic rings. The molecule has 0 aromatic carbocycles. The molecule has 0 bridgehead atoms. The second kappa shape index (κ2) is 5.57. The Hall–Kier alpha value is -0.610. The van der Waals surface area contributed by atoms with E-state index in [0.29, 0.717) is 24.0 Å². The Morgan fingerprint density at radius 2 is 1.94 bits per heavy atom. The Bertz CT molecular complexity index is 295. The Labute approximate surface area is 110 Å². The van der Waals surface area contributed by atoms with Crippen LogP contribution in [0.1, 0.15) is 46.0 Å². The molecule has 104 valence electrons. The number of nitrogens with one attached hydrogen (secondary N) is 1. The summed E-state index contributed by atoms with van der Waals surface area (Å²) in [5, 5.41) is 3.80. The van der Waals surface area contributed by atoms with Gasteiger partial charge < -0.3 is 11.1 Å². The zero-order chi connectivity index (χ0) is 13.2.